The van der Waals surface area contributed by atoms with Gasteiger partial charge in [-0.2, -0.15) is 0 Å². The average molecular weight is 301 g/mol. The maximum absolute atomic E-state index is 12.1. The van der Waals surface area contributed by atoms with Crippen LogP contribution in [0.2, 0.25) is 10.3 Å². The quantitative estimate of drug-likeness (QED) is 0.818. The summed E-state index contributed by atoms with van der Waals surface area (Å²) in [6.07, 6.45) is 1.56. The molecule has 0 bridgehead atoms. The number of hydrogen-bond donors (Lipinski definition) is 0. The standard InChI is InChI=1S/C12H14Cl2N4O/c1-7(2)12-16-8(13)4-11(19)18(12)6-10-15-5-9(14)17(10)3/h4-5,7H,6H2,1-3H3. The van der Waals surface area contributed by atoms with Crippen molar-refractivity contribution >= 4 is 23.2 Å². The van der Waals surface area contributed by atoms with E-state index in [1.165, 1.54) is 6.07 Å². The molecule has 2 aromatic rings. The molecular weight excluding hydrogens is 287 g/mol. The number of aromatic nitrogens is 4. The van der Waals surface area contributed by atoms with Gasteiger partial charge in [0.25, 0.3) is 5.56 Å². The van der Waals surface area contributed by atoms with Crippen molar-refractivity contribution in [3.05, 3.63) is 44.6 Å². The fourth-order valence-electron chi connectivity index (χ4n) is 1.81. The van der Waals surface area contributed by atoms with Crippen LogP contribution in [0.5, 0.6) is 0 Å². The molecule has 5 nitrogen and oxygen atoms in total. The molecule has 0 saturated heterocycles. The summed E-state index contributed by atoms with van der Waals surface area (Å²) in [5.41, 5.74) is -0.192. The van der Waals surface area contributed by atoms with Crippen LogP contribution in [-0.2, 0) is 13.6 Å². The zero-order chi connectivity index (χ0) is 14.2. The number of imidazole rings is 1. The van der Waals surface area contributed by atoms with Crippen molar-refractivity contribution in [2.45, 2.75) is 26.3 Å². The molecule has 0 aliphatic heterocycles. The van der Waals surface area contributed by atoms with E-state index in [1.807, 2.05) is 13.8 Å². The monoisotopic (exact) mass is 300 g/mol. The highest BCUT2D eigenvalue weighted by Gasteiger charge is 2.14. The molecule has 0 saturated carbocycles. The van der Waals surface area contributed by atoms with Crippen LogP contribution in [0.3, 0.4) is 0 Å². The van der Waals surface area contributed by atoms with E-state index < -0.39 is 0 Å². The first kappa shape index (κ1) is 14.1. The normalized spacial score (nSPS) is 11.3. The minimum Gasteiger partial charge on any atom is -0.321 e. The Morgan fingerprint density at radius 3 is 2.58 bits per heavy atom. The first-order chi connectivity index (χ1) is 8.90. The predicted molar refractivity (Wildman–Crippen MR) is 74.9 cm³/mol. The SMILES string of the molecule is CC(C)c1nc(Cl)cc(=O)n1Cc1ncc(Cl)n1C. The Morgan fingerprint density at radius 1 is 1.37 bits per heavy atom. The molecule has 2 aromatic heterocycles. The third-order valence-electron chi connectivity index (χ3n) is 2.85. The summed E-state index contributed by atoms with van der Waals surface area (Å²) >= 11 is 11.8. The van der Waals surface area contributed by atoms with E-state index in [9.17, 15) is 4.79 Å². The van der Waals surface area contributed by atoms with E-state index in [4.69, 9.17) is 23.2 Å². The Bertz CT molecular complexity index is 660. The van der Waals surface area contributed by atoms with Crippen LogP contribution in [0.25, 0.3) is 0 Å². The van der Waals surface area contributed by atoms with Gasteiger partial charge in [0.1, 0.15) is 22.0 Å². The largest absolute Gasteiger partial charge is 0.321 e. The maximum Gasteiger partial charge on any atom is 0.255 e. The van der Waals surface area contributed by atoms with E-state index in [0.717, 1.165) is 0 Å². The summed E-state index contributed by atoms with van der Waals surface area (Å²) in [7, 11) is 1.80. The summed E-state index contributed by atoms with van der Waals surface area (Å²) in [6.45, 7) is 4.24. The average Bonchev–Trinajstić information content (AvgIpc) is 2.63. The van der Waals surface area contributed by atoms with E-state index in [1.54, 1.807) is 22.4 Å². The lowest BCUT2D eigenvalue weighted by Gasteiger charge is -2.14. The van der Waals surface area contributed by atoms with Crippen LogP contribution in [0.4, 0.5) is 0 Å². The minimum absolute atomic E-state index is 0.0853. The van der Waals surface area contributed by atoms with Crippen molar-refractivity contribution < 1.29 is 0 Å². The van der Waals surface area contributed by atoms with Gasteiger partial charge in [-0.05, 0) is 0 Å². The molecule has 7 heteroatoms. The second-order valence-corrected chi connectivity index (χ2v) is 5.35. The highest BCUT2D eigenvalue weighted by molar-refractivity contribution is 6.29. The van der Waals surface area contributed by atoms with Crippen molar-refractivity contribution in [3.8, 4) is 0 Å². The fourth-order valence-corrected chi connectivity index (χ4v) is 2.13. The smallest absolute Gasteiger partial charge is 0.255 e. The van der Waals surface area contributed by atoms with Gasteiger partial charge in [0.2, 0.25) is 0 Å². The lowest BCUT2D eigenvalue weighted by atomic mass is 10.2. The van der Waals surface area contributed by atoms with Crippen LogP contribution >= 0.6 is 23.2 Å². The van der Waals surface area contributed by atoms with Crippen molar-refractivity contribution in [1.82, 2.24) is 19.1 Å². The third-order valence-corrected chi connectivity index (χ3v) is 3.39. The van der Waals surface area contributed by atoms with Gasteiger partial charge in [-0.25, -0.2) is 9.97 Å². The fraction of sp³-hybridized carbons (Fsp3) is 0.417. The Kier molecular flexibility index (Phi) is 3.96. The summed E-state index contributed by atoms with van der Waals surface area (Å²) < 4.78 is 3.29. The van der Waals surface area contributed by atoms with Crippen LogP contribution in [-0.4, -0.2) is 19.1 Å². The molecule has 0 N–H and O–H groups in total. The first-order valence-corrected chi connectivity index (χ1v) is 6.59. The van der Waals surface area contributed by atoms with Gasteiger partial charge in [-0.1, -0.05) is 37.0 Å². The Balaban J connectivity index is 2.50. The van der Waals surface area contributed by atoms with Crippen LogP contribution < -0.4 is 5.56 Å². The Labute approximate surface area is 120 Å². The molecule has 102 valence electrons. The van der Waals surface area contributed by atoms with Gasteiger partial charge < -0.3 is 4.57 Å². The van der Waals surface area contributed by atoms with E-state index in [2.05, 4.69) is 9.97 Å². The highest BCUT2D eigenvalue weighted by atomic mass is 35.5. The number of hydrogen-bond acceptors (Lipinski definition) is 3. The van der Waals surface area contributed by atoms with Crippen molar-refractivity contribution in [1.29, 1.82) is 0 Å². The third kappa shape index (κ3) is 2.82. The zero-order valence-corrected chi connectivity index (χ0v) is 12.4. The van der Waals surface area contributed by atoms with Crippen molar-refractivity contribution in [3.63, 3.8) is 0 Å². The summed E-state index contributed by atoms with van der Waals surface area (Å²) in [4.78, 5) is 20.5. The molecule has 0 aliphatic rings. The predicted octanol–water partition coefficient (Wildman–Crippen LogP) is 2.46. The molecule has 0 radical (unpaired) electrons. The maximum atomic E-state index is 12.1. The van der Waals surface area contributed by atoms with Gasteiger partial charge in [0.05, 0.1) is 12.7 Å². The van der Waals surface area contributed by atoms with Crippen LogP contribution in [0, 0.1) is 0 Å². The molecular formula is C12H14Cl2N4O. The topological polar surface area (TPSA) is 52.7 Å². The molecule has 0 spiro atoms. The van der Waals surface area contributed by atoms with E-state index in [0.29, 0.717) is 23.3 Å². The van der Waals surface area contributed by atoms with Crippen LogP contribution in [0.15, 0.2) is 17.1 Å². The van der Waals surface area contributed by atoms with Crippen molar-refractivity contribution in [2.75, 3.05) is 0 Å². The Morgan fingerprint density at radius 2 is 2.05 bits per heavy atom. The van der Waals surface area contributed by atoms with Gasteiger partial charge in [-0.15, -0.1) is 0 Å². The van der Waals surface area contributed by atoms with Crippen molar-refractivity contribution in [2.24, 2.45) is 7.05 Å². The van der Waals surface area contributed by atoms with Crippen LogP contribution in [0.1, 0.15) is 31.4 Å². The zero-order valence-electron chi connectivity index (χ0n) is 10.9. The second-order valence-electron chi connectivity index (χ2n) is 4.57. The molecule has 19 heavy (non-hydrogen) atoms. The lowest BCUT2D eigenvalue weighted by molar-refractivity contribution is 0.595. The highest BCUT2D eigenvalue weighted by Crippen LogP contribution is 2.15. The number of rotatable bonds is 3. The molecule has 0 atom stereocenters. The lowest BCUT2D eigenvalue weighted by Crippen LogP contribution is -2.26. The molecule has 0 aromatic carbocycles. The minimum atomic E-state index is -0.192. The molecule has 0 aliphatic carbocycles. The number of nitrogens with zero attached hydrogens (tertiary/aromatic N) is 4. The second kappa shape index (κ2) is 5.35. The first-order valence-electron chi connectivity index (χ1n) is 5.83. The van der Waals surface area contributed by atoms with Gasteiger partial charge in [0.15, 0.2) is 0 Å². The van der Waals surface area contributed by atoms with Gasteiger partial charge in [-0.3, -0.25) is 9.36 Å². The molecule has 2 heterocycles. The van der Waals surface area contributed by atoms with Gasteiger partial charge in [0, 0.05) is 19.0 Å². The van der Waals surface area contributed by atoms with E-state index in [-0.39, 0.29) is 16.6 Å². The molecule has 0 amide bonds. The molecule has 2 rings (SSSR count). The summed E-state index contributed by atoms with van der Waals surface area (Å²) in [5, 5.41) is 0.735. The number of halogens is 2. The summed E-state index contributed by atoms with van der Waals surface area (Å²) in [6, 6.07) is 1.30. The van der Waals surface area contributed by atoms with Gasteiger partial charge >= 0.3 is 0 Å². The summed E-state index contributed by atoms with van der Waals surface area (Å²) in [5.74, 6) is 1.41. The van der Waals surface area contributed by atoms with E-state index >= 15 is 0 Å². The molecule has 0 unspecified atom stereocenters. The molecule has 0 fully saturated rings. The Hall–Kier alpha value is -1.33.